The SMILES string of the molecule is Cc1c(O)cc2oc(-c3ccc(O)cc3)c(OC3OC(CO)C(O)C(O)C3O)c(=O)c2c1O. The number of rotatable bonds is 4. The Morgan fingerprint density at radius 1 is 1.00 bits per heavy atom. The molecule has 0 aliphatic carbocycles. The lowest BCUT2D eigenvalue weighted by Crippen LogP contribution is -2.60. The molecular weight excluding hydrogens is 440 g/mol. The van der Waals surface area contributed by atoms with Crippen molar-refractivity contribution in [2.45, 2.75) is 37.6 Å². The third kappa shape index (κ3) is 3.86. The summed E-state index contributed by atoms with van der Waals surface area (Å²) in [6.07, 6.45) is -8.18. The molecule has 0 spiro atoms. The third-order valence-electron chi connectivity index (χ3n) is 5.55. The summed E-state index contributed by atoms with van der Waals surface area (Å²) in [5.74, 6) is -1.63. The number of fused-ring (bicyclic) bond motifs is 1. The molecule has 33 heavy (non-hydrogen) atoms. The smallest absolute Gasteiger partial charge is 0.239 e. The molecule has 4 rings (SSSR count). The van der Waals surface area contributed by atoms with Crippen LogP contribution in [0.25, 0.3) is 22.3 Å². The lowest BCUT2D eigenvalue weighted by Gasteiger charge is -2.39. The second-order valence-corrected chi connectivity index (χ2v) is 7.69. The van der Waals surface area contributed by atoms with Gasteiger partial charge in [-0.3, -0.25) is 4.79 Å². The molecule has 0 saturated carbocycles. The second-order valence-electron chi connectivity index (χ2n) is 7.69. The second kappa shape index (κ2) is 8.54. The zero-order valence-electron chi connectivity index (χ0n) is 17.2. The van der Waals surface area contributed by atoms with Crippen LogP contribution >= 0.6 is 0 Å². The maximum Gasteiger partial charge on any atom is 0.239 e. The average molecular weight is 462 g/mol. The molecule has 1 fully saturated rings. The molecule has 176 valence electrons. The average Bonchev–Trinajstić information content (AvgIpc) is 2.79. The van der Waals surface area contributed by atoms with Gasteiger partial charge in [0, 0.05) is 17.2 Å². The van der Waals surface area contributed by atoms with E-state index in [9.17, 15) is 40.5 Å². The molecule has 11 nitrogen and oxygen atoms in total. The molecule has 0 amide bonds. The number of aromatic hydroxyl groups is 3. The summed E-state index contributed by atoms with van der Waals surface area (Å²) in [5, 5.41) is 69.5. The summed E-state index contributed by atoms with van der Waals surface area (Å²) in [6.45, 7) is 0.677. The fourth-order valence-corrected chi connectivity index (χ4v) is 3.59. The van der Waals surface area contributed by atoms with Crippen molar-refractivity contribution in [3.05, 3.63) is 46.1 Å². The van der Waals surface area contributed by atoms with Crippen LogP contribution < -0.4 is 10.2 Å². The summed E-state index contributed by atoms with van der Waals surface area (Å²) in [6, 6.07) is 6.61. The topological polar surface area (TPSA) is 190 Å². The van der Waals surface area contributed by atoms with E-state index in [2.05, 4.69) is 0 Å². The van der Waals surface area contributed by atoms with Gasteiger partial charge in [-0.05, 0) is 31.2 Å². The maximum absolute atomic E-state index is 13.4. The zero-order valence-corrected chi connectivity index (χ0v) is 17.2. The maximum atomic E-state index is 13.4. The fourth-order valence-electron chi connectivity index (χ4n) is 3.59. The van der Waals surface area contributed by atoms with E-state index in [0.717, 1.165) is 6.07 Å². The Morgan fingerprint density at radius 2 is 1.67 bits per heavy atom. The van der Waals surface area contributed by atoms with Crippen LogP contribution in [0.2, 0.25) is 0 Å². The first-order valence-corrected chi connectivity index (χ1v) is 9.93. The van der Waals surface area contributed by atoms with E-state index in [-0.39, 0.29) is 39.4 Å². The van der Waals surface area contributed by atoms with Crippen LogP contribution in [0.3, 0.4) is 0 Å². The van der Waals surface area contributed by atoms with Crippen LogP contribution in [0.15, 0.2) is 39.5 Å². The highest BCUT2D eigenvalue weighted by Crippen LogP contribution is 2.39. The van der Waals surface area contributed by atoms with Gasteiger partial charge >= 0.3 is 0 Å². The summed E-state index contributed by atoms with van der Waals surface area (Å²) in [4.78, 5) is 13.4. The number of hydrogen-bond donors (Lipinski definition) is 7. The predicted octanol–water partition coefficient (Wildman–Crippen LogP) is 0.0639. The first-order chi connectivity index (χ1) is 15.6. The normalized spacial score (nSPS) is 25.3. The molecule has 5 atom stereocenters. The van der Waals surface area contributed by atoms with E-state index < -0.39 is 54.2 Å². The van der Waals surface area contributed by atoms with Gasteiger partial charge in [-0.2, -0.15) is 0 Å². The van der Waals surface area contributed by atoms with Crippen molar-refractivity contribution in [1.82, 2.24) is 0 Å². The number of phenolic OH excluding ortho intramolecular Hbond substituents is 3. The van der Waals surface area contributed by atoms with E-state index in [1.807, 2.05) is 0 Å². The molecule has 1 saturated heterocycles. The van der Waals surface area contributed by atoms with Crippen molar-refractivity contribution in [3.63, 3.8) is 0 Å². The summed E-state index contributed by atoms with van der Waals surface area (Å²) >= 11 is 0. The van der Waals surface area contributed by atoms with Gasteiger partial charge in [0.2, 0.25) is 17.5 Å². The van der Waals surface area contributed by atoms with Crippen molar-refractivity contribution < 1.29 is 49.6 Å². The predicted molar refractivity (Wildman–Crippen MR) is 112 cm³/mol. The third-order valence-corrected chi connectivity index (χ3v) is 5.55. The van der Waals surface area contributed by atoms with Crippen molar-refractivity contribution in [2.24, 2.45) is 0 Å². The standard InChI is InChI=1S/C22H22O11/c1-8-11(25)6-12-14(15(8)26)17(28)21(20(31-12)9-2-4-10(24)5-3-9)33-22-19(30)18(29)16(27)13(7-23)32-22/h2-6,13,16,18-19,22-27,29-30H,7H2,1H3. The van der Waals surface area contributed by atoms with Gasteiger partial charge in [0.15, 0.2) is 5.76 Å². The van der Waals surface area contributed by atoms with E-state index in [1.54, 1.807) is 0 Å². The number of hydrogen-bond acceptors (Lipinski definition) is 11. The van der Waals surface area contributed by atoms with Crippen molar-refractivity contribution in [2.75, 3.05) is 6.61 Å². The number of aliphatic hydroxyl groups excluding tert-OH is 4. The molecule has 7 N–H and O–H groups in total. The quantitative estimate of drug-likeness (QED) is 0.278. The molecule has 11 heteroatoms. The largest absolute Gasteiger partial charge is 0.508 e. The van der Waals surface area contributed by atoms with Crippen molar-refractivity contribution >= 4 is 11.0 Å². The Morgan fingerprint density at radius 3 is 2.30 bits per heavy atom. The van der Waals surface area contributed by atoms with E-state index >= 15 is 0 Å². The highest BCUT2D eigenvalue weighted by Gasteiger charge is 2.45. The summed E-state index contributed by atoms with van der Waals surface area (Å²) in [7, 11) is 0. The summed E-state index contributed by atoms with van der Waals surface area (Å²) < 4.78 is 16.7. The monoisotopic (exact) mass is 462 g/mol. The first-order valence-electron chi connectivity index (χ1n) is 9.93. The van der Waals surface area contributed by atoms with Crippen molar-refractivity contribution in [3.8, 4) is 34.3 Å². The van der Waals surface area contributed by atoms with Gasteiger partial charge in [-0.1, -0.05) is 0 Å². The van der Waals surface area contributed by atoms with Crippen LogP contribution in [0.1, 0.15) is 5.56 Å². The Labute approximate surface area is 185 Å². The first kappa shape index (κ1) is 22.8. The summed E-state index contributed by atoms with van der Waals surface area (Å²) in [5.41, 5.74) is -0.765. The fraction of sp³-hybridized carbons (Fsp3) is 0.318. The van der Waals surface area contributed by atoms with E-state index in [4.69, 9.17) is 13.9 Å². The number of aliphatic hydroxyl groups is 4. The van der Waals surface area contributed by atoms with Gasteiger partial charge in [0.25, 0.3) is 0 Å². The minimum absolute atomic E-state index is 0.0194. The molecule has 2 heterocycles. The number of ether oxygens (including phenoxy) is 2. The molecular formula is C22H22O11. The Hall–Kier alpha value is -3.35. The van der Waals surface area contributed by atoms with Gasteiger partial charge in [-0.15, -0.1) is 0 Å². The number of benzene rings is 2. The van der Waals surface area contributed by atoms with E-state index in [0.29, 0.717) is 0 Å². The highest BCUT2D eigenvalue weighted by molar-refractivity contribution is 5.89. The van der Waals surface area contributed by atoms with Gasteiger partial charge in [-0.25, -0.2) is 0 Å². The lowest BCUT2D eigenvalue weighted by atomic mass is 9.99. The molecule has 0 bridgehead atoms. The van der Waals surface area contributed by atoms with Gasteiger partial charge in [0.1, 0.15) is 52.6 Å². The lowest BCUT2D eigenvalue weighted by molar-refractivity contribution is -0.277. The Balaban J connectivity index is 1.92. The molecule has 1 aliphatic rings. The van der Waals surface area contributed by atoms with Crippen LogP contribution in [-0.4, -0.2) is 73.1 Å². The molecule has 2 aromatic carbocycles. The van der Waals surface area contributed by atoms with Crippen LogP contribution in [0, 0.1) is 6.92 Å². The Bertz CT molecular complexity index is 1230. The Kier molecular flexibility index (Phi) is 5.91. The van der Waals surface area contributed by atoms with Gasteiger partial charge < -0.3 is 49.6 Å². The highest BCUT2D eigenvalue weighted by atomic mass is 16.7. The number of phenols is 3. The molecule has 3 aromatic rings. The molecule has 1 aliphatic heterocycles. The van der Waals surface area contributed by atoms with Gasteiger partial charge in [0.05, 0.1) is 6.61 Å². The van der Waals surface area contributed by atoms with Crippen LogP contribution in [0.5, 0.6) is 23.0 Å². The minimum atomic E-state index is -1.80. The van der Waals surface area contributed by atoms with E-state index in [1.165, 1.54) is 31.2 Å². The molecule has 0 radical (unpaired) electrons. The molecule has 1 aromatic heterocycles. The minimum Gasteiger partial charge on any atom is -0.508 e. The van der Waals surface area contributed by atoms with Crippen molar-refractivity contribution in [1.29, 1.82) is 0 Å². The molecule has 5 unspecified atom stereocenters. The van der Waals surface area contributed by atoms with Crippen LogP contribution in [0.4, 0.5) is 0 Å². The van der Waals surface area contributed by atoms with Crippen LogP contribution in [-0.2, 0) is 4.74 Å². The zero-order chi connectivity index (χ0) is 24.0.